The van der Waals surface area contributed by atoms with E-state index in [9.17, 15) is 14.0 Å². The maximum atomic E-state index is 14.0. The monoisotopic (exact) mass is 422 g/mol. The van der Waals surface area contributed by atoms with Crippen molar-refractivity contribution in [1.29, 1.82) is 0 Å². The first-order valence-electron chi connectivity index (χ1n) is 9.14. The van der Waals surface area contributed by atoms with E-state index in [1.807, 2.05) is 30.3 Å². The normalized spacial score (nSPS) is 13.3. The standard InChI is InChI=1S/C22H16ClFN4O2/c23-15-8-9-17(16(24)11-15)27-20(29)13-28-21(30)12-19(14-5-2-1-3-6-14)26-18-7-4-10-25-22(18)28/h1-11H,12-13H2,(H,27,29). The molecule has 30 heavy (non-hydrogen) atoms. The molecule has 1 N–H and O–H groups in total. The average molecular weight is 423 g/mol. The second-order valence-electron chi connectivity index (χ2n) is 6.60. The summed E-state index contributed by atoms with van der Waals surface area (Å²) < 4.78 is 14.0. The summed E-state index contributed by atoms with van der Waals surface area (Å²) in [6.45, 7) is -0.331. The predicted octanol–water partition coefficient (Wildman–Crippen LogP) is 4.37. The lowest BCUT2D eigenvalue weighted by molar-refractivity contribution is -0.120. The lowest BCUT2D eigenvalue weighted by Gasteiger charge is -2.20. The number of nitrogens with one attached hydrogen (secondary N) is 1. The second kappa shape index (κ2) is 8.42. The summed E-state index contributed by atoms with van der Waals surface area (Å²) in [5.41, 5.74) is 1.86. The number of amides is 2. The lowest BCUT2D eigenvalue weighted by Crippen LogP contribution is -2.39. The van der Waals surface area contributed by atoms with Gasteiger partial charge in [-0.05, 0) is 35.9 Å². The Kier molecular flexibility index (Phi) is 5.54. The first kappa shape index (κ1) is 19.7. The molecule has 1 aromatic heterocycles. The van der Waals surface area contributed by atoms with Crippen molar-refractivity contribution in [1.82, 2.24) is 4.98 Å². The molecule has 2 aromatic carbocycles. The van der Waals surface area contributed by atoms with Crippen LogP contribution in [0.25, 0.3) is 0 Å². The van der Waals surface area contributed by atoms with E-state index in [4.69, 9.17) is 11.6 Å². The van der Waals surface area contributed by atoms with Gasteiger partial charge in [-0.3, -0.25) is 14.5 Å². The van der Waals surface area contributed by atoms with Gasteiger partial charge < -0.3 is 5.32 Å². The van der Waals surface area contributed by atoms with Crippen LogP contribution < -0.4 is 10.2 Å². The Morgan fingerprint density at radius 3 is 2.70 bits per heavy atom. The number of benzene rings is 2. The fourth-order valence-electron chi connectivity index (χ4n) is 3.11. The largest absolute Gasteiger partial charge is 0.322 e. The molecule has 3 aromatic rings. The van der Waals surface area contributed by atoms with Crippen LogP contribution in [-0.4, -0.2) is 29.1 Å². The third kappa shape index (κ3) is 4.21. The summed E-state index contributed by atoms with van der Waals surface area (Å²) in [5, 5.41) is 2.69. The van der Waals surface area contributed by atoms with E-state index in [2.05, 4.69) is 15.3 Å². The van der Waals surface area contributed by atoms with Crippen LogP contribution in [0.5, 0.6) is 0 Å². The van der Waals surface area contributed by atoms with Crippen molar-refractivity contribution in [3.63, 3.8) is 0 Å². The molecule has 6 nitrogen and oxygen atoms in total. The van der Waals surface area contributed by atoms with Gasteiger partial charge in [-0.2, -0.15) is 0 Å². The molecule has 0 bridgehead atoms. The van der Waals surface area contributed by atoms with Gasteiger partial charge in [0.2, 0.25) is 11.8 Å². The van der Waals surface area contributed by atoms with Gasteiger partial charge >= 0.3 is 0 Å². The fourth-order valence-corrected chi connectivity index (χ4v) is 3.27. The van der Waals surface area contributed by atoms with Gasteiger partial charge in [-0.1, -0.05) is 41.9 Å². The molecule has 8 heteroatoms. The number of fused-ring (bicyclic) bond motifs is 1. The van der Waals surface area contributed by atoms with Crippen molar-refractivity contribution in [3.05, 3.63) is 83.3 Å². The Morgan fingerprint density at radius 1 is 1.13 bits per heavy atom. The number of carbonyl (C=O) groups excluding carboxylic acids is 2. The molecule has 0 unspecified atom stereocenters. The number of hydrogen-bond donors (Lipinski definition) is 1. The number of aliphatic imine (C=N–C) groups is 1. The Labute approximate surface area is 177 Å². The van der Waals surface area contributed by atoms with Crippen LogP contribution in [0.2, 0.25) is 5.02 Å². The minimum atomic E-state index is -0.661. The molecular weight excluding hydrogens is 407 g/mol. The van der Waals surface area contributed by atoms with Gasteiger partial charge in [-0.25, -0.2) is 14.4 Å². The minimum absolute atomic E-state index is 0.00294. The number of anilines is 2. The van der Waals surface area contributed by atoms with Crippen LogP contribution >= 0.6 is 11.6 Å². The highest BCUT2D eigenvalue weighted by Gasteiger charge is 2.27. The lowest BCUT2D eigenvalue weighted by atomic mass is 10.1. The molecule has 0 saturated carbocycles. The topological polar surface area (TPSA) is 74.7 Å². The van der Waals surface area contributed by atoms with Crippen molar-refractivity contribution in [2.45, 2.75) is 6.42 Å². The van der Waals surface area contributed by atoms with Crippen molar-refractivity contribution < 1.29 is 14.0 Å². The van der Waals surface area contributed by atoms with Gasteiger partial charge in [0.1, 0.15) is 18.0 Å². The van der Waals surface area contributed by atoms with Crippen LogP contribution in [0.4, 0.5) is 21.6 Å². The second-order valence-corrected chi connectivity index (χ2v) is 7.04. The fraction of sp³-hybridized carbons (Fsp3) is 0.0909. The highest BCUT2D eigenvalue weighted by molar-refractivity contribution is 6.30. The van der Waals surface area contributed by atoms with Crippen LogP contribution in [-0.2, 0) is 9.59 Å². The van der Waals surface area contributed by atoms with Crippen LogP contribution in [0, 0.1) is 5.82 Å². The zero-order valence-electron chi connectivity index (χ0n) is 15.7. The van der Waals surface area contributed by atoms with E-state index in [1.165, 1.54) is 23.2 Å². The number of rotatable bonds is 4. The van der Waals surface area contributed by atoms with E-state index in [0.717, 1.165) is 11.6 Å². The molecular formula is C22H16ClFN4O2. The Hall–Kier alpha value is -3.58. The minimum Gasteiger partial charge on any atom is -0.322 e. The number of hydrogen-bond acceptors (Lipinski definition) is 4. The summed E-state index contributed by atoms with van der Waals surface area (Å²) in [7, 11) is 0. The maximum absolute atomic E-state index is 14.0. The Bertz CT molecular complexity index is 1150. The van der Waals surface area contributed by atoms with Gasteiger partial charge in [0, 0.05) is 11.2 Å². The van der Waals surface area contributed by atoms with Crippen molar-refractivity contribution in [2.24, 2.45) is 4.99 Å². The predicted molar refractivity (Wildman–Crippen MR) is 114 cm³/mol. The van der Waals surface area contributed by atoms with E-state index in [0.29, 0.717) is 11.4 Å². The number of pyridine rings is 1. The first-order chi connectivity index (χ1) is 14.5. The highest BCUT2D eigenvalue weighted by Crippen LogP contribution is 2.30. The molecule has 0 spiro atoms. The van der Waals surface area contributed by atoms with Crippen molar-refractivity contribution in [3.8, 4) is 0 Å². The molecule has 1 aliphatic rings. The SMILES string of the molecule is O=C(CN1C(=O)CC(c2ccccc2)=Nc2cccnc21)Nc1ccc(Cl)cc1F. The molecule has 0 fully saturated rings. The summed E-state index contributed by atoms with van der Waals surface area (Å²) in [4.78, 5) is 35.7. The summed E-state index contributed by atoms with van der Waals surface area (Å²) in [6.07, 6.45) is 1.53. The molecule has 2 amide bonds. The number of halogens is 2. The van der Waals surface area contributed by atoms with Crippen molar-refractivity contribution in [2.75, 3.05) is 16.8 Å². The molecule has 4 rings (SSSR count). The molecule has 2 heterocycles. The summed E-state index contributed by atoms with van der Waals surface area (Å²) in [5.74, 6) is -1.28. The quantitative estimate of drug-likeness (QED) is 0.678. The highest BCUT2D eigenvalue weighted by atomic mass is 35.5. The molecule has 0 atom stereocenters. The summed E-state index contributed by atoms with van der Waals surface area (Å²) in [6, 6.07) is 16.7. The van der Waals surface area contributed by atoms with Crippen LogP contribution in [0.15, 0.2) is 71.9 Å². The average Bonchev–Trinajstić information content (AvgIpc) is 2.88. The van der Waals surface area contributed by atoms with Gasteiger partial charge in [-0.15, -0.1) is 0 Å². The number of nitrogens with zero attached hydrogens (tertiary/aromatic N) is 3. The van der Waals surface area contributed by atoms with E-state index >= 15 is 0 Å². The maximum Gasteiger partial charge on any atom is 0.244 e. The van der Waals surface area contributed by atoms with E-state index < -0.39 is 11.7 Å². The Morgan fingerprint density at radius 2 is 1.93 bits per heavy atom. The molecule has 1 aliphatic heterocycles. The zero-order valence-corrected chi connectivity index (χ0v) is 16.4. The van der Waals surface area contributed by atoms with E-state index in [1.54, 1.807) is 12.1 Å². The molecule has 0 saturated heterocycles. The third-order valence-electron chi connectivity index (χ3n) is 4.51. The molecule has 150 valence electrons. The Balaban J connectivity index is 1.60. The molecule has 0 aliphatic carbocycles. The number of carbonyl (C=O) groups is 2. The smallest absolute Gasteiger partial charge is 0.244 e. The zero-order chi connectivity index (χ0) is 21.1. The van der Waals surface area contributed by atoms with Crippen LogP contribution in [0.1, 0.15) is 12.0 Å². The van der Waals surface area contributed by atoms with E-state index in [-0.39, 0.29) is 35.4 Å². The van der Waals surface area contributed by atoms with Gasteiger partial charge in [0.05, 0.1) is 17.8 Å². The summed E-state index contributed by atoms with van der Waals surface area (Å²) >= 11 is 5.74. The van der Waals surface area contributed by atoms with Crippen LogP contribution in [0.3, 0.4) is 0 Å². The van der Waals surface area contributed by atoms with Gasteiger partial charge in [0.15, 0.2) is 5.82 Å². The third-order valence-corrected chi connectivity index (χ3v) is 4.75. The van der Waals surface area contributed by atoms with Gasteiger partial charge in [0.25, 0.3) is 0 Å². The first-order valence-corrected chi connectivity index (χ1v) is 9.52. The van der Waals surface area contributed by atoms with Crippen molar-refractivity contribution >= 4 is 46.3 Å². The molecule has 0 radical (unpaired) electrons. The number of aromatic nitrogens is 1.